The lowest BCUT2D eigenvalue weighted by atomic mass is 10.00. The Labute approximate surface area is 172 Å². The molecule has 1 saturated heterocycles. The number of likely N-dealkylation sites (tertiary alicyclic amines) is 1. The van der Waals surface area contributed by atoms with Crippen molar-refractivity contribution < 1.29 is 9.59 Å². The fraction of sp³-hybridized carbons (Fsp3) is 0.524. The highest BCUT2D eigenvalue weighted by Gasteiger charge is 2.36. The third-order valence-corrected chi connectivity index (χ3v) is 6.99. The largest absolute Gasteiger partial charge is 0.337 e. The van der Waals surface area contributed by atoms with Crippen molar-refractivity contribution in [3.05, 3.63) is 49.8 Å². The molecule has 1 N–H and O–H groups in total. The van der Waals surface area contributed by atoms with Crippen LogP contribution in [0.25, 0.3) is 0 Å². The van der Waals surface area contributed by atoms with Crippen molar-refractivity contribution in [3.63, 3.8) is 0 Å². The van der Waals surface area contributed by atoms with Gasteiger partial charge in [-0.3, -0.25) is 14.4 Å². The molecule has 8 heteroatoms. The molecule has 7 nitrogen and oxygen atoms in total. The number of aromatic nitrogens is 2. The van der Waals surface area contributed by atoms with Crippen LogP contribution in [0.1, 0.15) is 64.9 Å². The summed E-state index contributed by atoms with van der Waals surface area (Å²) in [6.45, 7) is 1.63. The summed E-state index contributed by atoms with van der Waals surface area (Å²) in [5.74, 6) is 0.910. The van der Waals surface area contributed by atoms with Gasteiger partial charge in [-0.15, -0.1) is 11.3 Å². The van der Waals surface area contributed by atoms with Crippen LogP contribution in [0.5, 0.6) is 0 Å². The van der Waals surface area contributed by atoms with Crippen LogP contribution in [0.15, 0.2) is 22.3 Å². The summed E-state index contributed by atoms with van der Waals surface area (Å²) in [5, 5.41) is 1.90. The van der Waals surface area contributed by atoms with Crippen molar-refractivity contribution >= 4 is 23.2 Å². The van der Waals surface area contributed by atoms with Gasteiger partial charge in [0.25, 0.3) is 11.5 Å². The van der Waals surface area contributed by atoms with E-state index in [4.69, 9.17) is 4.98 Å². The Morgan fingerprint density at radius 1 is 1.17 bits per heavy atom. The molecule has 0 bridgehead atoms. The van der Waals surface area contributed by atoms with Gasteiger partial charge in [-0.05, 0) is 43.6 Å². The first-order chi connectivity index (χ1) is 14.1. The van der Waals surface area contributed by atoms with Crippen molar-refractivity contribution in [2.75, 3.05) is 13.1 Å². The number of hydrogen-bond acceptors (Lipinski definition) is 5. The smallest absolute Gasteiger partial charge is 0.264 e. The van der Waals surface area contributed by atoms with Crippen LogP contribution in [-0.2, 0) is 17.8 Å². The van der Waals surface area contributed by atoms with Crippen LogP contribution >= 0.6 is 11.3 Å². The number of rotatable bonds is 3. The first-order valence-corrected chi connectivity index (χ1v) is 11.2. The Bertz CT molecular complexity index is 996. The summed E-state index contributed by atoms with van der Waals surface area (Å²) in [5.41, 5.74) is 1.20. The molecule has 2 amide bonds. The monoisotopic (exact) mass is 412 g/mol. The van der Waals surface area contributed by atoms with E-state index in [9.17, 15) is 14.4 Å². The van der Waals surface area contributed by atoms with E-state index < -0.39 is 0 Å². The van der Waals surface area contributed by atoms with Crippen LogP contribution in [-0.4, -0.2) is 44.7 Å². The minimum atomic E-state index is -0.206. The predicted octanol–water partition coefficient (Wildman–Crippen LogP) is 2.49. The zero-order valence-corrected chi connectivity index (χ0v) is 17.0. The van der Waals surface area contributed by atoms with Crippen molar-refractivity contribution in [1.82, 2.24) is 19.8 Å². The fourth-order valence-electron chi connectivity index (χ4n) is 4.38. The molecule has 5 rings (SSSR count). The van der Waals surface area contributed by atoms with Gasteiger partial charge >= 0.3 is 0 Å². The molecule has 2 aromatic heterocycles. The van der Waals surface area contributed by atoms with Crippen LogP contribution in [0.2, 0.25) is 0 Å². The van der Waals surface area contributed by atoms with Gasteiger partial charge in [0.05, 0.1) is 28.7 Å². The van der Waals surface area contributed by atoms with Crippen molar-refractivity contribution in [2.45, 2.75) is 51.1 Å². The molecule has 0 radical (unpaired) electrons. The number of thiophene rings is 1. The van der Waals surface area contributed by atoms with E-state index >= 15 is 0 Å². The number of nitrogens with zero attached hydrogens (tertiary/aromatic N) is 3. The van der Waals surface area contributed by atoms with Gasteiger partial charge in [0.2, 0.25) is 5.91 Å². The number of carbonyl (C=O) groups is 2. The standard InChI is InChI=1S/C21H24N4O3S/c26-19-14-12-24(20(27)13-6-7-13)10-8-15(14)22-18(23-19)16-4-1-2-9-25(16)21(28)17-5-3-11-29-17/h3,5,11,13,16H,1-2,4,6-10,12H2,(H,22,23,26)/t16-/m1/s1. The Morgan fingerprint density at radius 3 is 2.79 bits per heavy atom. The van der Waals surface area contributed by atoms with Crippen LogP contribution in [0, 0.1) is 5.92 Å². The van der Waals surface area contributed by atoms with E-state index in [0.29, 0.717) is 42.3 Å². The molecule has 2 fully saturated rings. The number of amides is 2. The minimum Gasteiger partial charge on any atom is -0.337 e. The quantitative estimate of drug-likeness (QED) is 0.839. The molecule has 1 atom stereocenters. The molecule has 2 aromatic rings. The summed E-state index contributed by atoms with van der Waals surface area (Å²) in [6, 6.07) is 3.51. The van der Waals surface area contributed by atoms with Gasteiger partial charge in [-0.2, -0.15) is 0 Å². The summed E-state index contributed by atoms with van der Waals surface area (Å²) in [7, 11) is 0. The zero-order chi connectivity index (χ0) is 20.0. The predicted molar refractivity (Wildman–Crippen MR) is 109 cm³/mol. The SMILES string of the molecule is O=C(C1CC1)N1CCc2nc([C@H]3CCCCN3C(=O)c3cccs3)[nH]c(=O)c2C1. The van der Waals surface area contributed by atoms with Crippen molar-refractivity contribution in [2.24, 2.45) is 5.92 Å². The van der Waals surface area contributed by atoms with Gasteiger partial charge in [0.15, 0.2) is 0 Å². The molecular weight excluding hydrogens is 388 g/mol. The number of nitrogens with one attached hydrogen (secondary N) is 1. The Hall–Kier alpha value is -2.48. The van der Waals surface area contributed by atoms with Crippen molar-refractivity contribution in [1.29, 1.82) is 0 Å². The number of carbonyl (C=O) groups excluding carboxylic acids is 2. The maximum Gasteiger partial charge on any atom is 0.264 e. The van der Waals surface area contributed by atoms with Gasteiger partial charge in [0.1, 0.15) is 5.82 Å². The molecule has 0 unspecified atom stereocenters. The summed E-state index contributed by atoms with van der Waals surface area (Å²) >= 11 is 1.44. The second kappa shape index (κ2) is 7.40. The summed E-state index contributed by atoms with van der Waals surface area (Å²) in [4.78, 5) is 50.3. The average Bonchev–Trinajstić information content (AvgIpc) is 3.46. The molecule has 4 heterocycles. The molecular formula is C21H24N4O3S. The van der Waals surface area contributed by atoms with E-state index in [2.05, 4.69) is 4.98 Å². The lowest BCUT2D eigenvalue weighted by molar-refractivity contribution is -0.133. The average molecular weight is 413 g/mol. The van der Waals surface area contributed by atoms with E-state index in [1.165, 1.54) is 11.3 Å². The van der Waals surface area contributed by atoms with E-state index in [-0.39, 0.29) is 29.3 Å². The third-order valence-electron chi connectivity index (χ3n) is 6.14. The molecule has 0 aromatic carbocycles. The summed E-state index contributed by atoms with van der Waals surface area (Å²) in [6.07, 6.45) is 5.28. The van der Waals surface area contributed by atoms with Crippen molar-refractivity contribution in [3.8, 4) is 0 Å². The number of piperidine rings is 1. The summed E-state index contributed by atoms with van der Waals surface area (Å²) < 4.78 is 0. The second-order valence-corrected chi connectivity index (χ2v) is 9.10. The van der Waals surface area contributed by atoms with Crippen LogP contribution in [0.3, 0.4) is 0 Å². The molecule has 29 heavy (non-hydrogen) atoms. The Balaban J connectivity index is 1.42. The third kappa shape index (κ3) is 3.50. The molecule has 0 spiro atoms. The number of H-pyrrole nitrogens is 1. The first-order valence-electron chi connectivity index (χ1n) is 10.4. The van der Waals surface area contributed by atoms with Gasteiger partial charge in [0, 0.05) is 25.4 Å². The highest BCUT2D eigenvalue weighted by atomic mass is 32.1. The molecule has 1 aliphatic carbocycles. The van der Waals surface area contributed by atoms with Crippen LogP contribution < -0.4 is 5.56 Å². The normalized spacial score (nSPS) is 21.7. The molecule has 2 aliphatic heterocycles. The minimum absolute atomic E-state index is 0.00581. The Kier molecular flexibility index (Phi) is 4.73. The maximum atomic E-state index is 13.0. The van der Waals surface area contributed by atoms with E-state index in [1.807, 2.05) is 22.4 Å². The number of hydrogen-bond donors (Lipinski definition) is 1. The maximum absolute atomic E-state index is 13.0. The van der Waals surface area contributed by atoms with E-state index in [1.54, 1.807) is 4.90 Å². The number of aromatic amines is 1. The Morgan fingerprint density at radius 2 is 2.03 bits per heavy atom. The van der Waals surface area contributed by atoms with E-state index in [0.717, 1.165) is 37.8 Å². The van der Waals surface area contributed by atoms with Gasteiger partial charge < -0.3 is 14.8 Å². The van der Waals surface area contributed by atoms with Crippen LogP contribution in [0.4, 0.5) is 0 Å². The molecule has 152 valence electrons. The fourth-order valence-corrected chi connectivity index (χ4v) is 5.06. The lowest BCUT2D eigenvalue weighted by Gasteiger charge is -2.35. The van der Waals surface area contributed by atoms with Gasteiger partial charge in [-0.25, -0.2) is 4.98 Å². The molecule has 1 saturated carbocycles. The highest BCUT2D eigenvalue weighted by Crippen LogP contribution is 2.33. The topological polar surface area (TPSA) is 86.4 Å². The number of fused-ring (bicyclic) bond motifs is 1. The second-order valence-electron chi connectivity index (χ2n) is 8.15. The highest BCUT2D eigenvalue weighted by molar-refractivity contribution is 7.12. The first kappa shape index (κ1) is 18.5. The lowest BCUT2D eigenvalue weighted by Crippen LogP contribution is -2.42. The zero-order valence-electron chi connectivity index (χ0n) is 16.2. The molecule has 3 aliphatic rings. The van der Waals surface area contributed by atoms with Gasteiger partial charge in [-0.1, -0.05) is 6.07 Å².